The summed E-state index contributed by atoms with van der Waals surface area (Å²) in [6, 6.07) is 8.06. The standard InChI is InChI=1S/C20H26N2O2/c1-15(23)22-13-12-16-8-6-7-11-18(16)19(22)14-20(24)21-17-9-4-2-3-5-10-17/h6-8,11-13,17,19H,2-5,9-10,14H2,1H3,(H,21,24)/t19-/m0/s1. The van der Waals surface area contributed by atoms with Crippen molar-refractivity contribution in [2.24, 2.45) is 0 Å². The van der Waals surface area contributed by atoms with Gasteiger partial charge >= 0.3 is 0 Å². The molecule has 4 nitrogen and oxygen atoms in total. The van der Waals surface area contributed by atoms with Crippen molar-refractivity contribution >= 4 is 17.9 Å². The average molecular weight is 326 g/mol. The summed E-state index contributed by atoms with van der Waals surface area (Å²) in [6.07, 6.45) is 11.1. The van der Waals surface area contributed by atoms with E-state index in [1.165, 1.54) is 25.7 Å². The van der Waals surface area contributed by atoms with Gasteiger partial charge in [0.15, 0.2) is 0 Å². The molecule has 1 aromatic carbocycles. The first kappa shape index (κ1) is 16.7. The zero-order valence-electron chi connectivity index (χ0n) is 14.3. The third-order valence-corrected chi connectivity index (χ3v) is 5.07. The van der Waals surface area contributed by atoms with Crippen LogP contribution in [-0.2, 0) is 9.59 Å². The molecule has 3 rings (SSSR count). The third-order valence-electron chi connectivity index (χ3n) is 5.07. The summed E-state index contributed by atoms with van der Waals surface area (Å²) in [5.74, 6) is 0.0104. The van der Waals surface area contributed by atoms with Crippen LogP contribution in [0.25, 0.3) is 6.08 Å². The van der Waals surface area contributed by atoms with Crippen molar-refractivity contribution in [3.63, 3.8) is 0 Å². The molecule has 1 N–H and O–H groups in total. The fraction of sp³-hybridized carbons (Fsp3) is 0.500. The molecule has 2 aliphatic rings. The lowest BCUT2D eigenvalue weighted by molar-refractivity contribution is -0.130. The molecule has 1 heterocycles. The Morgan fingerprint density at radius 3 is 2.54 bits per heavy atom. The average Bonchev–Trinajstić information content (AvgIpc) is 2.83. The summed E-state index contributed by atoms with van der Waals surface area (Å²) >= 11 is 0. The molecule has 0 unspecified atom stereocenters. The van der Waals surface area contributed by atoms with Crippen molar-refractivity contribution in [3.8, 4) is 0 Å². The van der Waals surface area contributed by atoms with Crippen LogP contribution in [0.2, 0.25) is 0 Å². The Hall–Kier alpha value is -2.10. The number of hydrogen-bond donors (Lipinski definition) is 1. The van der Waals surface area contributed by atoms with Gasteiger partial charge in [0.05, 0.1) is 12.5 Å². The van der Waals surface area contributed by atoms with Gasteiger partial charge in [-0.15, -0.1) is 0 Å². The summed E-state index contributed by atoms with van der Waals surface area (Å²) in [5, 5.41) is 3.20. The van der Waals surface area contributed by atoms with Crippen LogP contribution in [0, 0.1) is 0 Å². The van der Waals surface area contributed by atoms with Gasteiger partial charge in [0.25, 0.3) is 0 Å². The maximum Gasteiger partial charge on any atom is 0.223 e. The number of fused-ring (bicyclic) bond motifs is 1. The molecule has 1 aliphatic heterocycles. The predicted molar refractivity (Wildman–Crippen MR) is 95.0 cm³/mol. The van der Waals surface area contributed by atoms with Gasteiger partial charge in [0.1, 0.15) is 0 Å². The Bertz CT molecular complexity index is 630. The molecular formula is C20H26N2O2. The minimum atomic E-state index is -0.213. The van der Waals surface area contributed by atoms with E-state index >= 15 is 0 Å². The molecule has 1 aliphatic carbocycles. The van der Waals surface area contributed by atoms with E-state index in [-0.39, 0.29) is 17.9 Å². The van der Waals surface area contributed by atoms with Gasteiger partial charge in [0.2, 0.25) is 11.8 Å². The van der Waals surface area contributed by atoms with Crippen LogP contribution in [0.1, 0.15) is 69.0 Å². The second-order valence-corrected chi connectivity index (χ2v) is 6.85. The Kier molecular flexibility index (Phi) is 5.34. The fourth-order valence-corrected chi connectivity index (χ4v) is 3.80. The third kappa shape index (κ3) is 3.86. The lowest BCUT2D eigenvalue weighted by Gasteiger charge is -2.32. The number of nitrogens with zero attached hydrogens (tertiary/aromatic N) is 1. The Balaban J connectivity index is 1.72. The molecule has 0 radical (unpaired) electrons. The number of carbonyl (C=O) groups is 2. The number of benzene rings is 1. The van der Waals surface area contributed by atoms with Gasteiger partial charge in [0, 0.05) is 19.2 Å². The first-order valence-corrected chi connectivity index (χ1v) is 9.00. The van der Waals surface area contributed by atoms with Crippen LogP contribution in [0.15, 0.2) is 30.5 Å². The molecule has 0 saturated heterocycles. The normalized spacial score (nSPS) is 21.0. The first-order chi connectivity index (χ1) is 11.6. The minimum absolute atomic E-state index is 0.0342. The molecule has 0 bridgehead atoms. The molecular weight excluding hydrogens is 300 g/mol. The maximum absolute atomic E-state index is 12.6. The second kappa shape index (κ2) is 7.65. The van der Waals surface area contributed by atoms with E-state index in [4.69, 9.17) is 0 Å². The quantitative estimate of drug-likeness (QED) is 0.859. The molecule has 24 heavy (non-hydrogen) atoms. The second-order valence-electron chi connectivity index (χ2n) is 6.85. The minimum Gasteiger partial charge on any atom is -0.353 e. The molecule has 2 amide bonds. The van der Waals surface area contributed by atoms with Gasteiger partial charge in [-0.3, -0.25) is 9.59 Å². The fourth-order valence-electron chi connectivity index (χ4n) is 3.80. The molecule has 4 heteroatoms. The van der Waals surface area contributed by atoms with Crippen molar-refractivity contribution < 1.29 is 9.59 Å². The summed E-state index contributed by atoms with van der Waals surface area (Å²) < 4.78 is 0. The van der Waals surface area contributed by atoms with E-state index < -0.39 is 0 Å². The maximum atomic E-state index is 12.6. The topological polar surface area (TPSA) is 49.4 Å². The zero-order valence-corrected chi connectivity index (χ0v) is 14.3. The number of hydrogen-bond acceptors (Lipinski definition) is 2. The van der Waals surface area contributed by atoms with Crippen molar-refractivity contribution in [2.75, 3.05) is 0 Å². The van der Waals surface area contributed by atoms with Crippen LogP contribution in [0.5, 0.6) is 0 Å². The van der Waals surface area contributed by atoms with E-state index in [0.717, 1.165) is 24.0 Å². The van der Waals surface area contributed by atoms with Gasteiger partial charge in [-0.1, -0.05) is 49.9 Å². The van der Waals surface area contributed by atoms with Crippen LogP contribution < -0.4 is 5.32 Å². The van der Waals surface area contributed by atoms with Crippen molar-refractivity contribution in [1.82, 2.24) is 10.2 Å². The zero-order chi connectivity index (χ0) is 16.9. The number of rotatable bonds is 3. The molecule has 1 saturated carbocycles. The Morgan fingerprint density at radius 2 is 1.83 bits per heavy atom. The Labute approximate surface area is 143 Å². The molecule has 1 aromatic rings. The lowest BCUT2D eigenvalue weighted by Crippen LogP contribution is -2.39. The van der Waals surface area contributed by atoms with E-state index in [1.54, 1.807) is 18.0 Å². The molecule has 0 spiro atoms. The highest BCUT2D eigenvalue weighted by Crippen LogP contribution is 2.32. The van der Waals surface area contributed by atoms with Crippen LogP contribution >= 0.6 is 0 Å². The number of nitrogens with one attached hydrogen (secondary N) is 1. The van der Waals surface area contributed by atoms with Crippen LogP contribution in [0.4, 0.5) is 0 Å². The smallest absolute Gasteiger partial charge is 0.223 e. The molecule has 128 valence electrons. The summed E-state index contributed by atoms with van der Waals surface area (Å²) in [7, 11) is 0. The monoisotopic (exact) mass is 326 g/mol. The molecule has 1 atom stereocenters. The summed E-state index contributed by atoms with van der Waals surface area (Å²) in [5.41, 5.74) is 2.13. The van der Waals surface area contributed by atoms with E-state index in [9.17, 15) is 9.59 Å². The van der Waals surface area contributed by atoms with E-state index in [1.807, 2.05) is 30.3 Å². The first-order valence-electron chi connectivity index (χ1n) is 9.00. The van der Waals surface area contributed by atoms with Gasteiger partial charge in [-0.25, -0.2) is 0 Å². The predicted octanol–water partition coefficient (Wildman–Crippen LogP) is 3.79. The highest BCUT2D eigenvalue weighted by atomic mass is 16.2. The van der Waals surface area contributed by atoms with Gasteiger partial charge in [-0.05, 0) is 30.0 Å². The largest absolute Gasteiger partial charge is 0.353 e. The van der Waals surface area contributed by atoms with Gasteiger partial charge < -0.3 is 10.2 Å². The lowest BCUT2D eigenvalue weighted by atomic mass is 9.93. The van der Waals surface area contributed by atoms with E-state index in [2.05, 4.69) is 5.32 Å². The molecule has 1 fully saturated rings. The highest BCUT2D eigenvalue weighted by molar-refractivity contribution is 5.82. The van der Waals surface area contributed by atoms with Crippen molar-refractivity contribution in [3.05, 3.63) is 41.6 Å². The van der Waals surface area contributed by atoms with Crippen molar-refractivity contribution in [1.29, 1.82) is 0 Å². The summed E-state index contributed by atoms with van der Waals surface area (Å²) in [6.45, 7) is 1.55. The number of amides is 2. The van der Waals surface area contributed by atoms with Gasteiger partial charge in [-0.2, -0.15) is 0 Å². The van der Waals surface area contributed by atoms with Crippen molar-refractivity contribution in [2.45, 2.75) is 64.0 Å². The van der Waals surface area contributed by atoms with E-state index in [0.29, 0.717) is 12.5 Å². The summed E-state index contributed by atoms with van der Waals surface area (Å²) in [4.78, 5) is 26.3. The SMILES string of the molecule is CC(=O)N1C=Cc2ccccc2[C@@H]1CC(=O)NC1CCCCCC1. The van der Waals surface area contributed by atoms with Crippen LogP contribution in [-0.4, -0.2) is 22.8 Å². The van der Waals surface area contributed by atoms with Crippen LogP contribution in [0.3, 0.4) is 0 Å². The number of carbonyl (C=O) groups excluding carboxylic acids is 2. The molecule has 0 aromatic heterocycles. The highest BCUT2D eigenvalue weighted by Gasteiger charge is 2.28. The Morgan fingerprint density at radius 1 is 1.12 bits per heavy atom.